The van der Waals surface area contributed by atoms with Gasteiger partial charge in [0.15, 0.2) is 0 Å². The molecule has 0 bridgehead atoms. The largest absolute Gasteiger partial charge is 0.322 e. The Balaban J connectivity index is 2.65. The Morgan fingerprint density at radius 1 is 1.78 bits per heavy atom. The van der Waals surface area contributed by atoms with Crippen molar-refractivity contribution in [2.45, 2.75) is 6.04 Å². The Morgan fingerprint density at radius 3 is 3.00 bits per heavy atom. The van der Waals surface area contributed by atoms with Crippen molar-refractivity contribution < 1.29 is 4.39 Å². The molecule has 50 valence electrons. The lowest BCUT2D eigenvalue weighted by molar-refractivity contribution is 0.438. The summed E-state index contributed by atoms with van der Waals surface area (Å²) in [6.07, 6.45) is 0. The molecule has 0 unspecified atom stereocenters. The lowest BCUT2D eigenvalue weighted by atomic mass is 10.2. The van der Waals surface area contributed by atoms with Crippen molar-refractivity contribution >= 4 is 11.3 Å². The van der Waals surface area contributed by atoms with Crippen LogP contribution in [0.5, 0.6) is 0 Å². The summed E-state index contributed by atoms with van der Waals surface area (Å²) >= 11 is 1.54. The molecule has 0 saturated heterocycles. The minimum atomic E-state index is -0.475. The van der Waals surface area contributed by atoms with Crippen LogP contribution < -0.4 is 5.73 Å². The van der Waals surface area contributed by atoms with E-state index in [9.17, 15) is 4.39 Å². The summed E-state index contributed by atoms with van der Waals surface area (Å²) in [5.41, 5.74) is 6.26. The highest BCUT2D eigenvalue weighted by molar-refractivity contribution is 7.07. The van der Waals surface area contributed by atoms with Gasteiger partial charge in [0.2, 0.25) is 0 Å². The Morgan fingerprint density at radius 2 is 2.56 bits per heavy atom. The van der Waals surface area contributed by atoms with Crippen LogP contribution in [0.2, 0.25) is 0 Å². The molecule has 1 atom stereocenters. The Labute approximate surface area is 57.3 Å². The number of rotatable bonds is 2. The SMILES string of the molecule is N[C@H](CF)c1ccsc1. The highest BCUT2D eigenvalue weighted by atomic mass is 32.1. The molecule has 0 aliphatic heterocycles. The van der Waals surface area contributed by atoms with Gasteiger partial charge in [-0.15, -0.1) is 0 Å². The first-order valence-electron chi connectivity index (χ1n) is 2.68. The van der Waals surface area contributed by atoms with Crippen molar-refractivity contribution in [1.82, 2.24) is 0 Å². The van der Waals surface area contributed by atoms with Gasteiger partial charge in [0, 0.05) is 0 Å². The Hall–Kier alpha value is -0.410. The van der Waals surface area contributed by atoms with Crippen LogP contribution in [-0.2, 0) is 0 Å². The number of alkyl halides is 1. The fourth-order valence-corrected chi connectivity index (χ4v) is 1.30. The molecule has 2 N–H and O–H groups in total. The zero-order chi connectivity index (χ0) is 6.69. The van der Waals surface area contributed by atoms with Crippen molar-refractivity contribution in [3.8, 4) is 0 Å². The zero-order valence-electron chi connectivity index (χ0n) is 4.88. The predicted octanol–water partition coefficient (Wildman–Crippen LogP) is 1.72. The Kier molecular flexibility index (Phi) is 2.19. The lowest BCUT2D eigenvalue weighted by Crippen LogP contribution is -2.10. The first-order chi connectivity index (χ1) is 4.34. The van der Waals surface area contributed by atoms with Gasteiger partial charge in [0.1, 0.15) is 6.67 Å². The molecule has 1 heterocycles. The minimum absolute atomic E-state index is 0.420. The molecule has 0 radical (unpaired) electrons. The van der Waals surface area contributed by atoms with E-state index >= 15 is 0 Å². The van der Waals surface area contributed by atoms with E-state index in [0.717, 1.165) is 5.56 Å². The summed E-state index contributed by atoms with van der Waals surface area (Å²) in [6.45, 7) is -0.475. The first kappa shape index (κ1) is 6.71. The van der Waals surface area contributed by atoms with E-state index in [-0.39, 0.29) is 0 Å². The maximum atomic E-state index is 11.8. The third-order valence-electron chi connectivity index (χ3n) is 1.14. The topological polar surface area (TPSA) is 26.0 Å². The summed E-state index contributed by atoms with van der Waals surface area (Å²) < 4.78 is 11.8. The first-order valence-corrected chi connectivity index (χ1v) is 3.62. The van der Waals surface area contributed by atoms with Gasteiger partial charge in [-0.1, -0.05) is 0 Å². The molecule has 1 aromatic heterocycles. The monoisotopic (exact) mass is 145 g/mol. The molecule has 0 saturated carbocycles. The second kappa shape index (κ2) is 2.94. The second-order valence-corrected chi connectivity index (χ2v) is 2.60. The van der Waals surface area contributed by atoms with Crippen molar-refractivity contribution in [2.75, 3.05) is 6.67 Å². The lowest BCUT2D eigenvalue weighted by Gasteiger charge is -2.00. The molecule has 3 heteroatoms. The molecule has 0 aromatic carbocycles. The number of hydrogen-bond donors (Lipinski definition) is 1. The third kappa shape index (κ3) is 1.50. The van der Waals surface area contributed by atoms with Gasteiger partial charge in [0.25, 0.3) is 0 Å². The van der Waals surface area contributed by atoms with E-state index in [2.05, 4.69) is 0 Å². The smallest absolute Gasteiger partial charge is 0.109 e. The molecule has 0 spiro atoms. The Bertz CT molecular complexity index is 162. The van der Waals surface area contributed by atoms with E-state index in [0.29, 0.717) is 0 Å². The minimum Gasteiger partial charge on any atom is -0.322 e. The van der Waals surface area contributed by atoms with Crippen LogP contribution in [0.25, 0.3) is 0 Å². The average molecular weight is 145 g/mol. The van der Waals surface area contributed by atoms with E-state index in [4.69, 9.17) is 5.73 Å². The van der Waals surface area contributed by atoms with Crippen molar-refractivity contribution in [3.63, 3.8) is 0 Å². The van der Waals surface area contributed by atoms with Crippen molar-refractivity contribution in [3.05, 3.63) is 22.4 Å². The van der Waals surface area contributed by atoms with E-state index < -0.39 is 12.7 Å². The molecule has 0 aliphatic carbocycles. The summed E-state index contributed by atoms with van der Waals surface area (Å²) in [4.78, 5) is 0. The summed E-state index contributed by atoms with van der Waals surface area (Å²) in [5, 5.41) is 3.76. The van der Waals surface area contributed by atoms with E-state index in [1.54, 1.807) is 0 Å². The number of nitrogens with two attached hydrogens (primary N) is 1. The van der Waals surface area contributed by atoms with Crippen molar-refractivity contribution in [2.24, 2.45) is 5.73 Å². The normalized spacial score (nSPS) is 13.6. The summed E-state index contributed by atoms with van der Waals surface area (Å²) in [6, 6.07) is 1.42. The number of halogens is 1. The summed E-state index contributed by atoms with van der Waals surface area (Å²) in [7, 11) is 0. The van der Waals surface area contributed by atoms with Crippen LogP contribution in [0.4, 0.5) is 4.39 Å². The molecular formula is C6H8FNS. The van der Waals surface area contributed by atoms with Gasteiger partial charge >= 0.3 is 0 Å². The van der Waals surface area contributed by atoms with Crippen LogP contribution in [0.3, 0.4) is 0 Å². The fraction of sp³-hybridized carbons (Fsp3) is 0.333. The molecule has 9 heavy (non-hydrogen) atoms. The number of hydrogen-bond acceptors (Lipinski definition) is 2. The molecule has 1 rings (SSSR count). The van der Waals surface area contributed by atoms with Crippen LogP contribution >= 0.6 is 11.3 Å². The van der Waals surface area contributed by atoms with Crippen LogP contribution in [0.1, 0.15) is 11.6 Å². The highest BCUT2D eigenvalue weighted by Gasteiger charge is 2.03. The molecular weight excluding hydrogens is 137 g/mol. The second-order valence-electron chi connectivity index (χ2n) is 1.82. The van der Waals surface area contributed by atoms with Gasteiger partial charge in [0.05, 0.1) is 6.04 Å². The molecule has 1 aromatic rings. The van der Waals surface area contributed by atoms with E-state index in [1.807, 2.05) is 16.8 Å². The van der Waals surface area contributed by atoms with Crippen LogP contribution in [0.15, 0.2) is 16.8 Å². The maximum Gasteiger partial charge on any atom is 0.109 e. The molecule has 0 aliphatic rings. The van der Waals surface area contributed by atoms with E-state index in [1.165, 1.54) is 11.3 Å². The van der Waals surface area contributed by atoms with Gasteiger partial charge in [-0.2, -0.15) is 11.3 Å². The van der Waals surface area contributed by atoms with Gasteiger partial charge in [-0.25, -0.2) is 4.39 Å². The quantitative estimate of drug-likeness (QED) is 0.673. The van der Waals surface area contributed by atoms with Crippen LogP contribution in [-0.4, -0.2) is 6.67 Å². The molecule has 0 amide bonds. The van der Waals surface area contributed by atoms with Gasteiger partial charge in [-0.05, 0) is 22.4 Å². The number of thiophene rings is 1. The fourth-order valence-electron chi connectivity index (χ4n) is 0.575. The summed E-state index contributed by atoms with van der Waals surface area (Å²) in [5.74, 6) is 0. The standard InChI is InChI=1S/C6H8FNS/c7-3-6(8)5-1-2-9-4-5/h1-2,4,6H,3,8H2/t6-/m1/s1. The molecule has 0 fully saturated rings. The predicted molar refractivity (Wildman–Crippen MR) is 37.2 cm³/mol. The van der Waals surface area contributed by atoms with Gasteiger partial charge in [-0.3, -0.25) is 0 Å². The average Bonchev–Trinajstić information content (AvgIpc) is 2.37. The highest BCUT2D eigenvalue weighted by Crippen LogP contribution is 2.13. The maximum absolute atomic E-state index is 11.8. The van der Waals surface area contributed by atoms with Crippen molar-refractivity contribution in [1.29, 1.82) is 0 Å². The molecule has 1 nitrogen and oxygen atoms in total. The van der Waals surface area contributed by atoms with Crippen LogP contribution in [0, 0.1) is 0 Å². The zero-order valence-corrected chi connectivity index (χ0v) is 5.70. The van der Waals surface area contributed by atoms with Gasteiger partial charge < -0.3 is 5.73 Å². The third-order valence-corrected chi connectivity index (χ3v) is 1.84.